The Morgan fingerprint density at radius 2 is 2.11 bits per heavy atom. The molecule has 1 aromatic carbocycles. The van der Waals surface area contributed by atoms with Gasteiger partial charge in [0.15, 0.2) is 0 Å². The summed E-state index contributed by atoms with van der Waals surface area (Å²) in [6, 6.07) is 9.18. The second-order valence-corrected chi connectivity index (χ2v) is 8.59. The Balaban J connectivity index is 1.43. The van der Waals surface area contributed by atoms with E-state index >= 15 is 0 Å². The quantitative estimate of drug-likeness (QED) is 0.508. The first kappa shape index (κ1) is 22.6. The van der Waals surface area contributed by atoms with Gasteiger partial charge in [-0.3, -0.25) is 14.8 Å². The number of fused-ring (bicyclic) bond motifs is 1. The van der Waals surface area contributed by atoms with E-state index < -0.39 is 12.5 Å². The summed E-state index contributed by atoms with van der Waals surface area (Å²) in [4.78, 5) is 27.6. The Bertz CT molecular complexity index is 1400. The van der Waals surface area contributed by atoms with Crippen LogP contribution in [-0.2, 0) is 19.8 Å². The zero-order valence-electron chi connectivity index (χ0n) is 19.0. The molecule has 3 aromatic rings. The maximum Gasteiger partial charge on any atom is 0.272 e. The molecule has 2 aromatic heterocycles. The predicted molar refractivity (Wildman–Crippen MR) is 124 cm³/mol. The number of aliphatic imine (C=N–C) groups is 1. The van der Waals surface area contributed by atoms with Crippen molar-refractivity contribution in [1.29, 1.82) is 5.26 Å². The maximum atomic E-state index is 14.1. The van der Waals surface area contributed by atoms with E-state index in [9.17, 15) is 18.8 Å². The van der Waals surface area contributed by atoms with Crippen LogP contribution in [-0.4, -0.2) is 40.1 Å². The summed E-state index contributed by atoms with van der Waals surface area (Å²) in [5.41, 5.74) is 3.99. The minimum absolute atomic E-state index is 0.00370. The SMILES string of the molecule is CN(Cc1cnc(CF)c2c1CN=C2)C(=O)c1ccc(-c2cc(F)cc(C#N)c2)c(OC2CC2)n1. The van der Waals surface area contributed by atoms with Crippen molar-refractivity contribution < 1.29 is 18.3 Å². The number of nitriles is 1. The van der Waals surface area contributed by atoms with Gasteiger partial charge in [-0.2, -0.15) is 5.26 Å². The summed E-state index contributed by atoms with van der Waals surface area (Å²) in [5, 5.41) is 9.20. The summed E-state index contributed by atoms with van der Waals surface area (Å²) >= 11 is 0. The van der Waals surface area contributed by atoms with Gasteiger partial charge in [0.25, 0.3) is 5.91 Å². The number of nitrogens with zero attached hydrogens (tertiary/aromatic N) is 5. The molecule has 1 aliphatic heterocycles. The molecule has 0 atom stereocenters. The molecule has 1 fully saturated rings. The number of alkyl halides is 1. The van der Waals surface area contributed by atoms with Crippen molar-refractivity contribution in [3.05, 3.63) is 76.0 Å². The van der Waals surface area contributed by atoms with Crippen LogP contribution in [0.1, 0.15) is 51.3 Å². The third-order valence-electron chi connectivity index (χ3n) is 5.97. The van der Waals surface area contributed by atoms with Crippen LogP contribution in [0.15, 0.2) is 41.5 Å². The lowest BCUT2D eigenvalue weighted by atomic mass is 10.0. The standard InChI is InChI=1S/C26H21F2N5O2/c1-33(14-17-11-31-24(9-27)22-13-30-12-21(17)22)26(34)23-5-4-20(25(32-23)35-19-2-3-19)16-6-15(10-29)7-18(28)8-16/h4-8,11,13,19H,2-3,9,12,14H2,1H3. The number of halogens is 2. The van der Waals surface area contributed by atoms with Crippen LogP contribution in [0.3, 0.4) is 0 Å². The van der Waals surface area contributed by atoms with Crippen molar-refractivity contribution in [3.63, 3.8) is 0 Å². The molecule has 5 rings (SSSR count). The minimum Gasteiger partial charge on any atom is -0.474 e. The Morgan fingerprint density at radius 1 is 1.29 bits per heavy atom. The van der Waals surface area contributed by atoms with Crippen molar-refractivity contribution in [2.75, 3.05) is 7.05 Å². The largest absolute Gasteiger partial charge is 0.474 e. The summed E-state index contributed by atoms with van der Waals surface area (Å²) in [6.07, 6.45) is 4.95. The van der Waals surface area contributed by atoms with Crippen LogP contribution in [0.2, 0.25) is 0 Å². The van der Waals surface area contributed by atoms with Gasteiger partial charge in [-0.1, -0.05) is 0 Å². The van der Waals surface area contributed by atoms with E-state index in [1.54, 1.807) is 37.7 Å². The fraction of sp³-hybridized carbons (Fsp3) is 0.269. The topological polar surface area (TPSA) is 91.5 Å². The van der Waals surface area contributed by atoms with Gasteiger partial charge in [-0.25, -0.2) is 13.8 Å². The third-order valence-corrected chi connectivity index (χ3v) is 5.97. The Morgan fingerprint density at radius 3 is 2.86 bits per heavy atom. The number of rotatable bonds is 7. The molecule has 0 radical (unpaired) electrons. The van der Waals surface area contributed by atoms with E-state index in [2.05, 4.69) is 15.0 Å². The summed E-state index contributed by atoms with van der Waals surface area (Å²) in [7, 11) is 1.65. The predicted octanol–water partition coefficient (Wildman–Crippen LogP) is 4.37. The number of hydrogen-bond donors (Lipinski definition) is 0. The van der Waals surface area contributed by atoms with Crippen molar-refractivity contribution in [3.8, 4) is 23.1 Å². The highest BCUT2D eigenvalue weighted by atomic mass is 19.1. The Hall–Kier alpha value is -4.19. The monoisotopic (exact) mass is 473 g/mol. The highest BCUT2D eigenvalue weighted by Gasteiger charge is 2.27. The van der Waals surface area contributed by atoms with E-state index in [1.807, 2.05) is 6.07 Å². The molecule has 1 saturated carbocycles. The van der Waals surface area contributed by atoms with Gasteiger partial charge in [0.1, 0.15) is 24.3 Å². The number of hydrogen-bond acceptors (Lipinski definition) is 6. The lowest BCUT2D eigenvalue weighted by Gasteiger charge is -2.20. The molecule has 176 valence electrons. The highest BCUT2D eigenvalue weighted by Crippen LogP contribution is 2.35. The van der Waals surface area contributed by atoms with E-state index in [0.29, 0.717) is 28.9 Å². The first-order chi connectivity index (χ1) is 17.0. The molecule has 35 heavy (non-hydrogen) atoms. The fourth-order valence-electron chi connectivity index (χ4n) is 4.01. The van der Waals surface area contributed by atoms with E-state index in [0.717, 1.165) is 30.0 Å². The zero-order valence-corrected chi connectivity index (χ0v) is 19.0. The molecular formula is C26H21F2N5O2. The lowest BCUT2D eigenvalue weighted by Crippen LogP contribution is -2.28. The van der Waals surface area contributed by atoms with Gasteiger partial charge in [0.2, 0.25) is 5.88 Å². The molecule has 0 N–H and O–H groups in total. The van der Waals surface area contributed by atoms with Crippen LogP contribution in [0.4, 0.5) is 8.78 Å². The molecule has 1 amide bonds. The summed E-state index contributed by atoms with van der Waals surface area (Å²) in [5.74, 6) is -0.652. The first-order valence-electron chi connectivity index (χ1n) is 11.2. The van der Waals surface area contributed by atoms with Gasteiger partial charge < -0.3 is 9.64 Å². The fourth-order valence-corrected chi connectivity index (χ4v) is 4.01. The molecule has 0 saturated heterocycles. The maximum absolute atomic E-state index is 14.1. The van der Waals surface area contributed by atoms with Crippen molar-refractivity contribution in [2.45, 2.75) is 38.7 Å². The normalized spacial score (nSPS) is 13.9. The van der Waals surface area contributed by atoms with Gasteiger partial charge in [0.05, 0.1) is 23.9 Å². The molecule has 9 heteroatoms. The average molecular weight is 473 g/mol. The molecule has 2 aliphatic rings. The van der Waals surface area contributed by atoms with Gasteiger partial charge in [-0.05, 0) is 59.9 Å². The van der Waals surface area contributed by atoms with E-state index in [1.165, 1.54) is 11.0 Å². The highest BCUT2D eigenvalue weighted by molar-refractivity contribution is 5.93. The number of carbonyl (C=O) groups excluding carboxylic acids is 1. The molecule has 1 aliphatic carbocycles. The molecule has 0 unspecified atom stereocenters. The summed E-state index contributed by atoms with van der Waals surface area (Å²) in [6.45, 7) is -0.000751. The van der Waals surface area contributed by atoms with Crippen LogP contribution < -0.4 is 4.74 Å². The van der Waals surface area contributed by atoms with Crippen LogP contribution in [0.5, 0.6) is 5.88 Å². The number of amides is 1. The number of benzene rings is 1. The number of aromatic nitrogens is 2. The smallest absolute Gasteiger partial charge is 0.272 e. The van der Waals surface area contributed by atoms with Gasteiger partial charge in [-0.15, -0.1) is 0 Å². The number of ether oxygens (including phenoxy) is 1. The van der Waals surface area contributed by atoms with Crippen LogP contribution >= 0.6 is 0 Å². The molecular weight excluding hydrogens is 452 g/mol. The zero-order chi connectivity index (χ0) is 24.5. The summed E-state index contributed by atoms with van der Waals surface area (Å²) < 4.78 is 33.2. The van der Waals surface area contributed by atoms with Gasteiger partial charge in [0, 0.05) is 37.1 Å². The van der Waals surface area contributed by atoms with Crippen LogP contribution in [0, 0.1) is 17.1 Å². The van der Waals surface area contributed by atoms with Crippen LogP contribution in [0.25, 0.3) is 11.1 Å². The Kier molecular flexibility index (Phi) is 5.95. The molecule has 0 bridgehead atoms. The number of carbonyl (C=O) groups is 1. The number of pyridine rings is 2. The average Bonchev–Trinajstić information content (AvgIpc) is 3.54. The lowest BCUT2D eigenvalue weighted by molar-refractivity contribution is 0.0777. The second kappa shape index (κ2) is 9.22. The first-order valence-corrected chi connectivity index (χ1v) is 11.2. The molecule has 3 heterocycles. The molecule has 0 spiro atoms. The van der Waals surface area contributed by atoms with Crippen molar-refractivity contribution >= 4 is 12.1 Å². The van der Waals surface area contributed by atoms with Crippen molar-refractivity contribution in [2.24, 2.45) is 4.99 Å². The van der Waals surface area contributed by atoms with E-state index in [4.69, 9.17) is 4.74 Å². The molecule has 7 nitrogen and oxygen atoms in total. The Labute approximate surface area is 200 Å². The van der Waals surface area contributed by atoms with Gasteiger partial charge >= 0.3 is 0 Å². The van der Waals surface area contributed by atoms with Crippen molar-refractivity contribution in [1.82, 2.24) is 14.9 Å². The second-order valence-electron chi connectivity index (χ2n) is 8.59. The van der Waals surface area contributed by atoms with E-state index in [-0.39, 0.29) is 35.7 Å². The third kappa shape index (κ3) is 4.60. The minimum atomic E-state index is -0.676.